The van der Waals surface area contributed by atoms with Crippen LogP contribution in [0.2, 0.25) is 0 Å². The van der Waals surface area contributed by atoms with Crippen molar-refractivity contribution in [2.24, 2.45) is 5.73 Å². The predicted octanol–water partition coefficient (Wildman–Crippen LogP) is 4.10. The molecule has 2 aromatic rings. The van der Waals surface area contributed by atoms with Crippen molar-refractivity contribution in [3.63, 3.8) is 0 Å². The van der Waals surface area contributed by atoms with Crippen molar-refractivity contribution >= 4 is 0 Å². The maximum atomic E-state index is 6.38. The minimum atomic E-state index is 0.00986. The van der Waals surface area contributed by atoms with Crippen LogP contribution >= 0.6 is 0 Å². The van der Waals surface area contributed by atoms with Gasteiger partial charge in [0.15, 0.2) is 0 Å². The molecule has 0 aliphatic heterocycles. The van der Waals surface area contributed by atoms with Crippen molar-refractivity contribution in [2.75, 3.05) is 0 Å². The third-order valence-corrected chi connectivity index (χ3v) is 4.23. The number of rotatable bonds is 6. The summed E-state index contributed by atoms with van der Waals surface area (Å²) >= 11 is 0. The van der Waals surface area contributed by atoms with Crippen LogP contribution in [0.15, 0.2) is 30.5 Å². The summed E-state index contributed by atoms with van der Waals surface area (Å²) in [5.74, 6) is 0. The fourth-order valence-corrected chi connectivity index (χ4v) is 2.93. The molecule has 0 amide bonds. The molecule has 1 unspecified atom stereocenters. The third-order valence-electron chi connectivity index (χ3n) is 4.23. The van der Waals surface area contributed by atoms with E-state index in [4.69, 9.17) is 10.8 Å². The van der Waals surface area contributed by atoms with Crippen LogP contribution in [0, 0.1) is 13.8 Å². The van der Waals surface area contributed by atoms with E-state index in [0.717, 1.165) is 25.0 Å². The van der Waals surface area contributed by atoms with Gasteiger partial charge in [-0.1, -0.05) is 37.6 Å². The number of aromatic nitrogens is 2. The second-order valence-corrected chi connectivity index (χ2v) is 5.93. The minimum Gasteiger partial charge on any atom is -0.324 e. The van der Waals surface area contributed by atoms with Crippen molar-refractivity contribution < 1.29 is 0 Å². The molecule has 0 spiro atoms. The van der Waals surface area contributed by atoms with Crippen molar-refractivity contribution in [1.29, 1.82) is 0 Å². The highest BCUT2D eigenvalue weighted by molar-refractivity contribution is 5.33. The Labute approximate surface area is 128 Å². The van der Waals surface area contributed by atoms with E-state index in [2.05, 4.69) is 62.8 Å². The summed E-state index contributed by atoms with van der Waals surface area (Å²) in [5.41, 5.74) is 11.2. The number of aryl methyl sites for hydroxylation is 2. The molecule has 2 rings (SSSR count). The number of hydrogen-bond acceptors (Lipinski definition) is 2. The molecular weight excluding hydrogens is 258 g/mol. The van der Waals surface area contributed by atoms with Crippen LogP contribution in [0.3, 0.4) is 0 Å². The van der Waals surface area contributed by atoms with Crippen LogP contribution < -0.4 is 5.73 Å². The molecule has 114 valence electrons. The van der Waals surface area contributed by atoms with Crippen molar-refractivity contribution in [1.82, 2.24) is 9.78 Å². The smallest absolute Gasteiger partial charge is 0.0643 e. The first kappa shape index (κ1) is 15.8. The van der Waals surface area contributed by atoms with Gasteiger partial charge in [0.05, 0.1) is 11.7 Å². The van der Waals surface area contributed by atoms with Gasteiger partial charge in [-0.25, -0.2) is 0 Å². The first-order chi connectivity index (χ1) is 10.0. The summed E-state index contributed by atoms with van der Waals surface area (Å²) in [6.45, 7) is 8.65. The van der Waals surface area contributed by atoms with Gasteiger partial charge in [0.1, 0.15) is 0 Å². The van der Waals surface area contributed by atoms with Crippen molar-refractivity contribution in [3.05, 3.63) is 52.8 Å². The average molecular weight is 285 g/mol. The number of hydrogen-bond donors (Lipinski definition) is 1. The Morgan fingerprint density at radius 3 is 2.48 bits per heavy atom. The summed E-state index contributed by atoms with van der Waals surface area (Å²) < 4.78 is 2.09. The topological polar surface area (TPSA) is 43.8 Å². The molecule has 0 radical (unpaired) electrons. The van der Waals surface area contributed by atoms with E-state index in [1.54, 1.807) is 0 Å². The summed E-state index contributed by atoms with van der Waals surface area (Å²) in [6.07, 6.45) is 5.10. The fourth-order valence-electron chi connectivity index (χ4n) is 2.93. The lowest BCUT2D eigenvalue weighted by Gasteiger charge is -2.15. The molecule has 1 atom stereocenters. The highest BCUT2D eigenvalue weighted by Gasteiger charge is 2.13. The van der Waals surface area contributed by atoms with E-state index in [1.165, 1.54) is 16.7 Å². The quantitative estimate of drug-likeness (QED) is 0.868. The van der Waals surface area contributed by atoms with Crippen molar-refractivity contribution in [2.45, 2.75) is 59.0 Å². The standard InChI is InChI=1S/C18H27N3/c1-5-16(6-2)21-10-9-15(20-21)12-18(19)17-8-7-13(3)11-14(17)4/h7-11,16,18H,5-6,12,19H2,1-4H3. The number of nitrogens with two attached hydrogens (primary N) is 1. The molecule has 2 N–H and O–H groups in total. The first-order valence-electron chi connectivity index (χ1n) is 7.91. The molecule has 0 saturated carbocycles. The van der Waals surface area contributed by atoms with Gasteiger partial charge in [0.2, 0.25) is 0 Å². The van der Waals surface area contributed by atoms with E-state index < -0.39 is 0 Å². The molecular formula is C18H27N3. The largest absolute Gasteiger partial charge is 0.324 e. The maximum absolute atomic E-state index is 6.38. The highest BCUT2D eigenvalue weighted by atomic mass is 15.3. The molecule has 0 bridgehead atoms. The highest BCUT2D eigenvalue weighted by Crippen LogP contribution is 2.21. The summed E-state index contributed by atoms with van der Waals surface area (Å²) in [4.78, 5) is 0. The van der Waals surface area contributed by atoms with E-state index in [9.17, 15) is 0 Å². The van der Waals surface area contributed by atoms with E-state index in [1.807, 2.05) is 0 Å². The number of nitrogens with zero attached hydrogens (tertiary/aromatic N) is 2. The first-order valence-corrected chi connectivity index (χ1v) is 7.91. The van der Waals surface area contributed by atoms with E-state index >= 15 is 0 Å². The van der Waals surface area contributed by atoms with Gasteiger partial charge >= 0.3 is 0 Å². The lowest BCUT2D eigenvalue weighted by Crippen LogP contribution is -2.16. The number of benzene rings is 1. The Hall–Kier alpha value is -1.61. The Balaban J connectivity index is 2.11. The van der Waals surface area contributed by atoms with Crippen LogP contribution in [0.4, 0.5) is 0 Å². The van der Waals surface area contributed by atoms with Gasteiger partial charge in [-0.05, 0) is 43.9 Å². The molecule has 1 aromatic carbocycles. The van der Waals surface area contributed by atoms with Crippen LogP contribution in [-0.4, -0.2) is 9.78 Å². The average Bonchev–Trinajstić information content (AvgIpc) is 2.88. The van der Waals surface area contributed by atoms with Gasteiger partial charge in [-0.3, -0.25) is 4.68 Å². The zero-order valence-electron chi connectivity index (χ0n) is 13.6. The van der Waals surface area contributed by atoms with E-state index in [-0.39, 0.29) is 6.04 Å². The molecule has 3 nitrogen and oxygen atoms in total. The molecule has 1 heterocycles. The van der Waals surface area contributed by atoms with Crippen molar-refractivity contribution in [3.8, 4) is 0 Å². The van der Waals surface area contributed by atoms with Gasteiger partial charge in [-0.15, -0.1) is 0 Å². The van der Waals surface area contributed by atoms with Crippen LogP contribution in [0.25, 0.3) is 0 Å². The van der Waals surface area contributed by atoms with Gasteiger partial charge in [-0.2, -0.15) is 5.10 Å². The normalized spacial score (nSPS) is 12.9. The third kappa shape index (κ3) is 3.73. The van der Waals surface area contributed by atoms with Crippen LogP contribution in [0.1, 0.15) is 61.2 Å². The minimum absolute atomic E-state index is 0.00986. The molecule has 0 fully saturated rings. The Morgan fingerprint density at radius 2 is 1.86 bits per heavy atom. The lowest BCUT2D eigenvalue weighted by molar-refractivity contribution is 0.424. The second-order valence-electron chi connectivity index (χ2n) is 5.93. The summed E-state index contributed by atoms with van der Waals surface area (Å²) in [6, 6.07) is 9.07. The molecule has 3 heteroatoms. The van der Waals surface area contributed by atoms with Gasteiger partial charge in [0, 0.05) is 18.7 Å². The molecule has 0 saturated heterocycles. The summed E-state index contributed by atoms with van der Waals surface area (Å²) in [5, 5.41) is 4.70. The summed E-state index contributed by atoms with van der Waals surface area (Å²) in [7, 11) is 0. The Bertz CT molecular complexity index is 582. The fraction of sp³-hybridized carbons (Fsp3) is 0.500. The second kappa shape index (κ2) is 6.90. The Kier molecular flexibility index (Phi) is 5.18. The van der Waals surface area contributed by atoms with Gasteiger partial charge in [0.25, 0.3) is 0 Å². The molecule has 0 aliphatic carbocycles. The molecule has 21 heavy (non-hydrogen) atoms. The molecule has 1 aromatic heterocycles. The monoisotopic (exact) mass is 285 g/mol. The molecule has 0 aliphatic rings. The Morgan fingerprint density at radius 1 is 1.14 bits per heavy atom. The zero-order valence-corrected chi connectivity index (χ0v) is 13.6. The van der Waals surface area contributed by atoms with E-state index in [0.29, 0.717) is 6.04 Å². The zero-order chi connectivity index (χ0) is 15.4. The maximum Gasteiger partial charge on any atom is 0.0643 e. The lowest BCUT2D eigenvalue weighted by atomic mass is 9.97. The van der Waals surface area contributed by atoms with Crippen LogP contribution in [0.5, 0.6) is 0 Å². The predicted molar refractivity (Wildman–Crippen MR) is 88.4 cm³/mol. The van der Waals surface area contributed by atoms with Gasteiger partial charge < -0.3 is 5.73 Å². The SMILES string of the molecule is CCC(CC)n1ccc(CC(N)c2ccc(C)cc2C)n1. The van der Waals surface area contributed by atoms with Crippen LogP contribution in [-0.2, 0) is 6.42 Å².